The summed E-state index contributed by atoms with van der Waals surface area (Å²) in [6, 6.07) is 10.1. The van der Waals surface area contributed by atoms with Crippen LogP contribution in [0.4, 0.5) is 0 Å². The van der Waals surface area contributed by atoms with Crippen LogP contribution in [-0.2, 0) is 15.3 Å². The lowest BCUT2D eigenvalue weighted by molar-refractivity contribution is -0.163. The molecule has 0 bridgehead atoms. The van der Waals surface area contributed by atoms with Gasteiger partial charge in [-0.1, -0.05) is 30.3 Å². The van der Waals surface area contributed by atoms with Crippen LogP contribution < -0.4 is 5.32 Å². The summed E-state index contributed by atoms with van der Waals surface area (Å²) in [7, 11) is 4.08. The normalized spacial score (nSPS) is 27.1. The summed E-state index contributed by atoms with van der Waals surface area (Å²) >= 11 is 0. The lowest BCUT2D eigenvalue weighted by Crippen LogP contribution is -2.35. The first-order valence-corrected chi connectivity index (χ1v) is 6.84. The average Bonchev–Trinajstić information content (AvgIpc) is 2.80. The van der Waals surface area contributed by atoms with Gasteiger partial charge in [0.15, 0.2) is 5.79 Å². The summed E-state index contributed by atoms with van der Waals surface area (Å²) in [5.74, 6) is -0.601. The highest BCUT2D eigenvalue weighted by molar-refractivity contribution is 5.20. The van der Waals surface area contributed by atoms with Crippen LogP contribution in [0, 0.1) is 0 Å². The minimum absolute atomic E-state index is 0.132. The topological polar surface area (TPSA) is 33.7 Å². The van der Waals surface area contributed by atoms with Crippen LogP contribution in [0.15, 0.2) is 30.3 Å². The second-order valence-corrected chi connectivity index (χ2v) is 5.23. The number of likely N-dealkylation sites (N-methyl/N-ethyl adjacent to an activating group) is 2. The van der Waals surface area contributed by atoms with Crippen molar-refractivity contribution < 1.29 is 9.47 Å². The Morgan fingerprint density at radius 3 is 2.79 bits per heavy atom. The van der Waals surface area contributed by atoms with Crippen molar-refractivity contribution >= 4 is 0 Å². The van der Waals surface area contributed by atoms with Gasteiger partial charge in [0.2, 0.25) is 0 Å². The lowest BCUT2D eigenvalue weighted by atomic mass is 10.1. The molecule has 1 aromatic rings. The van der Waals surface area contributed by atoms with Crippen molar-refractivity contribution in [2.75, 3.05) is 40.3 Å². The highest BCUT2D eigenvalue weighted by Crippen LogP contribution is 2.33. The number of hydrogen-bond acceptors (Lipinski definition) is 4. The zero-order valence-corrected chi connectivity index (χ0v) is 12.1. The Labute approximate surface area is 115 Å². The molecule has 1 heterocycles. The monoisotopic (exact) mass is 264 g/mol. The zero-order valence-electron chi connectivity index (χ0n) is 12.1. The van der Waals surface area contributed by atoms with E-state index in [9.17, 15) is 0 Å². The van der Waals surface area contributed by atoms with Crippen LogP contribution in [0.5, 0.6) is 0 Å². The third-order valence-electron chi connectivity index (χ3n) is 3.49. The molecule has 2 atom stereocenters. The van der Waals surface area contributed by atoms with Crippen molar-refractivity contribution in [1.82, 2.24) is 10.2 Å². The van der Waals surface area contributed by atoms with Gasteiger partial charge < -0.3 is 19.7 Å². The van der Waals surface area contributed by atoms with E-state index in [-0.39, 0.29) is 6.10 Å². The third-order valence-corrected chi connectivity index (χ3v) is 3.49. The van der Waals surface area contributed by atoms with Gasteiger partial charge in [0, 0.05) is 25.2 Å². The van der Waals surface area contributed by atoms with E-state index in [0.29, 0.717) is 6.61 Å². The zero-order chi connectivity index (χ0) is 13.7. The van der Waals surface area contributed by atoms with Crippen LogP contribution in [0.1, 0.15) is 12.5 Å². The van der Waals surface area contributed by atoms with Crippen LogP contribution in [0.3, 0.4) is 0 Å². The molecule has 2 rings (SSSR count). The molecule has 19 heavy (non-hydrogen) atoms. The summed E-state index contributed by atoms with van der Waals surface area (Å²) in [6.07, 6.45) is 0.132. The SMILES string of the molecule is CNCCN(C)CC1COC(C)(c2ccccc2)O1. The first kappa shape index (κ1) is 14.5. The van der Waals surface area contributed by atoms with Gasteiger partial charge in [-0.25, -0.2) is 0 Å². The predicted octanol–water partition coefficient (Wildman–Crippen LogP) is 1.43. The molecule has 0 radical (unpaired) electrons. The first-order valence-electron chi connectivity index (χ1n) is 6.84. The maximum atomic E-state index is 6.10. The standard InChI is InChI=1S/C15H24N2O2/c1-15(13-7-5-4-6-8-13)18-12-14(19-15)11-17(3)10-9-16-2/h4-8,14,16H,9-12H2,1-3H3. The summed E-state index contributed by atoms with van der Waals surface area (Å²) in [4.78, 5) is 2.27. The molecule has 0 amide bonds. The number of benzene rings is 1. The van der Waals surface area contributed by atoms with Crippen LogP contribution in [0.2, 0.25) is 0 Å². The summed E-state index contributed by atoms with van der Waals surface area (Å²) < 4.78 is 12.0. The van der Waals surface area contributed by atoms with E-state index in [0.717, 1.165) is 25.2 Å². The molecule has 0 aromatic heterocycles. The molecular weight excluding hydrogens is 240 g/mol. The molecular formula is C15H24N2O2. The van der Waals surface area contributed by atoms with Gasteiger partial charge in [-0.15, -0.1) is 0 Å². The molecule has 4 heteroatoms. The van der Waals surface area contributed by atoms with E-state index in [1.807, 2.05) is 44.3 Å². The van der Waals surface area contributed by atoms with E-state index in [4.69, 9.17) is 9.47 Å². The highest BCUT2D eigenvalue weighted by Gasteiger charge is 2.38. The second kappa shape index (κ2) is 6.48. The van der Waals surface area contributed by atoms with Gasteiger partial charge >= 0.3 is 0 Å². The lowest BCUT2D eigenvalue weighted by Gasteiger charge is -2.25. The molecule has 1 aliphatic heterocycles. The Kier molecular flexibility index (Phi) is 4.93. The Balaban J connectivity index is 1.89. The molecule has 106 valence electrons. The van der Waals surface area contributed by atoms with Crippen LogP contribution in [-0.4, -0.2) is 51.3 Å². The van der Waals surface area contributed by atoms with Crippen LogP contribution >= 0.6 is 0 Å². The van der Waals surface area contributed by atoms with E-state index < -0.39 is 5.79 Å². The number of hydrogen-bond donors (Lipinski definition) is 1. The van der Waals surface area contributed by atoms with Crippen molar-refractivity contribution in [3.05, 3.63) is 35.9 Å². The molecule has 1 saturated heterocycles. The fraction of sp³-hybridized carbons (Fsp3) is 0.600. The van der Waals surface area contributed by atoms with Crippen molar-refractivity contribution in [3.8, 4) is 0 Å². The predicted molar refractivity (Wildman–Crippen MR) is 76.0 cm³/mol. The highest BCUT2D eigenvalue weighted by atomic mass is 16.7. The molecule has 1 fully saturated rings. The fourth-order valence-corrected chi connectivity index (χ4v) is 2.36. The van der Waals surface area contributed by atoms with Gasteiger partial charge in [-0.2, -0.15) is 0 Å². The molecule has 1 N–H and O–H groups in total. The summed E-state index contributed by atoms with van der Waals surface area (Å²) in [5.41, 5.74) is 1.08. The van der Waals surface area contributed by atoms with E-state index in [1.165, 1.54) is 0 Å². The molecule has 2 unspecified atom stereocenters. The number of ether oxygens (including phenoxy) is 2. The Morgan fingerprint density at radius 2 is 2.11 bits per heavy atom. The molecule has 1 aromatic carbocycles. The second-order valence-electron chi connectivity index (χ2n) is 5.23. The number of nitrogens with zero attached hydrogens (tertiary/aromatic N) is 1. The van der Waals surface area contributed by atoms with Gasteiger partial charge in [0.05, 0.1) is 12.7 Å². The first-order chi connectivity index (χ1) is 9.14. The number of rotatable bonds is 6. The fourth-order valence-electron chi connectivity index (χ4n) is 2.36. The third kappa shape index (κ3) is 3.76. The van der Waals surface area contributed by atoms with Crippen molar-refractivity contribution in [2.45, 2.75) is 18.8 Å². The van der Waals surface area contributed by atoms with Gasteiger partial charge in [-0.05, 0) is 21.0 Å². The van der Waals surface area contributed by atoms with Crippen LogP contribution in [0.25, 0.3) is 0 Å². The summed E-state index contributed by atoms with van der Waals surface area (Å²) in [6.45, 7) is 5.54. The largest absolute Gasteiger partial charge is 0.343 e. The summed E-state index contributed by atoms with van der Waals surface area (Å²) in [5, 5.41) is 3.15. The quantitative estimate of drug-likeness (QED) is 0.842. The molecule has 0 aliphatic carbocycles. The molecule has 0 spiro atoms. The van der Waals surface area contributed by atoms with Gasteiger partial charge in [0.1, 0.15) is 0 Å². The maximum Gasteiger partial charge on any atom is 0.192 e. The van der Waals surface area contributed by atoms with E-state index >= 15 is 0 Å². The minimum Gasteiger partial charge on any atom is -0.343 e. The molecule has 0 saturated carbocycles. The Hall–Kier alpha value is -0.940. The minimum atomic E-state index is -0.601. The average molecular weight is 264 g/mol. The van der Waals surface area contributed by atoms with Gasteiger partial charge in [0.25, 0.3) is 0 Å². The maximum absolute atomic E-state index is 6.10. The Morgan fingerprint density at radius 1 is 1.37 bits per heavy atom. The smallest absolute Gasteiger partial charge is 0.192 e. The van der Waals surface area contributed by atoms with Crippen molar-refractivity contribution in [1.29, 1.82) is 0 Å². The number of nitrogens with one attached hydrogen (secondary N) is 1. The Bertz CT molecular complexity index is 385. The van der Waals surface area contributed by atoms with Gasteiger partial charge in [-0.3, -0.25) is 0 Å². The van der Waals surface area contributed by atoms with E-state index in [1.54, 1.807) is 0 Å². The van der Waals surface area contributed by atoms with E-state index in [2.05, 4.69) is 17.3 Å². The molecule has 4 nitrogen and oxygen atoms in total. The van der Waals surface area contributed by atoms with Crippen molar-refractivity contribution in [2.24, 2.45) is 0 Å². The van der Waals surface area contributed by atoms with Crippen molar-refractivity contribution in [3.63, 3.8) is 0 Å². The molecule has 1 aliphatic rings.